The SMILES string of the molecule is COc1ccc(-c2nn(-c3ccccc3)cc2/C=c2\sc3nc(-c4cccnc4)nn3c2=O)cc1C. The van der Waals surface area contributed by atoms with Crippen LogP contribution in [0.15, 0.2) is 84.0 Å². The first-order chi connectivity index (χ1) is 17.6. The lowest BCUT2D eigenvalue weighted by Crippen LogP contribution is -2.23. The summed E-state index contributed by atoms with van der Waals surface area (Å²) in [5, 5.41) is 9.29. The highest BCUT2D eigenvalue weighted by Gasteiger charge is 2.15. The maximum atomic E-state index is 13.2. The quantitative estimate of drug-likeness (QED) is 0.362. The van der Waals surface area contributed by atoms with Crippen LogP contribution in [-0.2, 0) is 0 Å². The van der Waals surface area contributed by atoms with Crippen LogP contribution in [0.25, 0.3) is 39.4 Å². The molecule has 36 heavy (non-hydrogen) atoms. The van der Waals surface area contributed by atoms with Crippen molar-refractivity contribution in [2.75, 3.05) is 7.11 Å². The molecule has 176 valence electrons. The Bertz CT molecular complexity index is 1810. The van der Waals surface area contributed by atoms with E-state index in [1.165, 1.54) is 15.9 Å². The van der Waals surface area contributed by atoms with Crippen molar-refractivity contribution in [3.8, 4) is 34.1 Å². The van der Waals surface area contributed by atoms with Gasteiger partial charge in [-0.15, -0.1) is 5.10 Å². The third kappa shape index (κ3) is 3.85. The molecular weight excluding hydrogens is 472 g/mol. The highest BCUT2D eigenvalue weighted by Crippen LogP contribution is 2.29. The van der Waals surface area contributed by atoms with Crippen molar-refractivity contribution in [1.29, 1.82) is 0 Å². The van der Waals surface area contributed by atoms with Crippen LogP contribution in [0.2, 0.25) is 0 Å². The molecule has 0 unspecified atom stereocenters. The number of aromatic nitrogens is 6. The first kappa shape index (κ1) is 21.9. The molecule has 2 aromatic carbocycles. The van der Waals surface area contributed by atoms with E-state index in [0.29, 0.717) is 15.3 Å². The van der Waals surface area contributed by atoms with E-state index in [1.54, 1.807) is 19.5 Å². The van der Waals surface area contributed by atoms with E-state index in [2.05, 4.69) is 15.1 Å². The van der Waals surface area contributed by atoms with Gasteiger partial charge in [0.15, 0.2) is 5.82 Å². The predicted octanol–water partition coefficient (Wildman–Crippen LogP) is 3.93. The second kappa shape index (κ2) is 8.86. The molecule has 8 nitrogen and oxygen atoms in total. The third-order valence-corrected chi connectivity index (χ3v) is 6.78. The Morgan fingerprint density at radius 3 is 2.58 bits per heavy atom. The van der Waals surface area contributed by atoms with Gasteiger partial charge in [-0.05, 0) is 61.0 Å². The van der Waals surface area contributed by atoms with Crippen molar-refractivity contribution in [3.63, 3.8) is 0 Å². The van der Waals surface area contributed by atoms with Crippen LogP contribution < -0.4 is 14.8 Å². The molecule has 4 aromatic heterocycles. The maximum Gasteiger partial charge on any atom is 0.291 e. The second-order valence-corrected chi connectivity index (χ2v) is 9.19. The fourth-order valence-corrected chi connectivity index (χ4v) is 4.95. The number of methoxy groups -OCH3 is 1. The van der Waals surface area contributed by atoms with E-state index >= 15 is 0 Å². The van der Waals surface area contributed by atoms with Crippen molar-refractivity contribution < 1.29 is 4.74 Å². The van der Waals surface area contributed by atoms with Gasteiger partial charge in [0.25, 0.3) is 5.56 Å². The summed E-state index contributed by atoms with van der Waals surface area (Å²) < 4.78 is 9.12. The Hall–Kier alpha value is -4.63. The number of thiazole rings is 1. The van der Waals surface area contributed by atoms with E-state index in [1.807, 2.05) is 84.5 Å². The molecule has 6 rings (SSSR count). The van der Waals surface area contributed by atoms with Crippen LogP contribution in [0.3, 0.4) is 0 Å². The summed E-state index contributed by atoms with van der Waals surface area (Å²) >= 11 is 1.30. The molecule has 0 saturated heterocycles. The van der Waals surface area contributed by atoms with Gasteiger partial charge in [0.1, 0.15) is 11.4 Å². The van der Waals surface area contributed by atoms with E-state index in [9.17, 15) is 4.79 Å². The number of fused-ring (bicyclic) bond motifs is 1. The standard InChI is InChI=1S/C27H20N6O2S/c1-17-13-18(10-11-22(17)35-2)24-20(16-32(30-24)21-8-4-3-5-9-21)14-23-26(34)33-27(36-23)29-25(31-33)19-7-6-12-28-15-19/h3-16H,1-2H3/b23-14-. The molecule has 0 radical (unpaired) electrons. The molecule has 0 aliphatic rings. The Kier molecular flexibility index (Phi) is 5.38. The average molecular weight is 493 g/mol. The smallest absolute Gasteiger partial charge is 0.291 e. The van der Waals surface area contributed by atoms with Crippen LogP contribution in [-0.4, -0.2) is 36.5 Å². The maximum absolute atomic E-state index is 13.2. The lowest BCUT2D eigenvalue weighted by Gasteiger charge is -2.06. The lowest BCUT2D eigenvalue weighted by atomic mass is 10.0. The van der Waals surface area contributed by atoms with Gasteiger partial charge < -0.3 is 4.74 Å². The number of hydrogen-bond donors (Lipinski definition) is 0. The van der Waals surface area contributed by atoms with Crippen LogP contribution in [0, 0.1) is 6.92 Å². The Morgan fingerprint density at radius 2 is 1.86 bits per heavy atom. The van der Waals surface area contributed by atoms with Gasteiger partial charge in [0.05, 0.1) is 17.3 Å². The van der Waals surface area contributed by atoms with Crippen LogP contribution >= 0.6 is 11.3 Å². The molecular formula is C27H20N6O2S. The molecule has 6 aromatic rings. The van der Waals surface area contributed by atoms with Gasteiger partial charge in [-0.1, -0.05) is 29.5 Å². The lowest BCUT2D eigenvalue weighted by molar-refractivity contribution is 0.412. The third-order valence-electron chi connectivity index (χ3n) is 5.82. The summed E-state index contributed by atoms with van der Waals surface area (Å²) in [6, 6.07) is 19.5. The van der Waals surface area contributed by atoms with E-state index in [4.69, 9.17) is 9.84 Å². The number of para-hydroxylation sites is 1. The van der Waals surface area contributed by atoms with E-state index in [-0.39, 0.29) is 5.56 Å². The number of aryl methyl sites for hydroxylation is 1. The highest BCUT2D eigenvalue weighted by molar-refractivity contribution is 7.15. The van der Waals surface area contributed by atoms with Gasteiger partial charge in [0.2, 0.25) is 4.96 Å². The van der Waals surface area contributed by atoms with Gasteiger partial charge >= 0.3 is 0 Å². The fourth-order valence-electron chi connectivity index (χ4n) is 4.05. The molecule has 0 spiro atoms. The number of rotatable bonds is 5. The van der Waals surface area contributed by atoms with E-state index < -0.39 is 0 Å². The van der Waals surface area contributed by atoms with Crippen LogP contribution in [0.5, 0.6) is 5.75 Å². The summed E-state index contributed by atoms with van der Waals surface area (Å²) in [5.74, 6) is 1.29. The first-order valence-corrected chi connectivity index (χ1v) is 12.0. The minimum atomic E-state index is -0.220. The molecule has 0 atom stereocenters. The molecule has 0 amide bonds. The largest absolute Gasteiger partial charge is 0.496 e. The zero-order valence-electron chi connectivity index (χ0n) is 19.5. The molecule has 0 saturated carbocycles. The second-order valence-electron chi connectivity index (χ2n) is 8.18. The van der Waals surface area contributed by atoms with Crippen LogP contribution in [0.4, 0.5) is 0 Å². The Labute approximate surface area is 209 Å². The minimum absolute atomic E-state index is 0.220. The van der Waals surface area contributed by atoms with Gasteiger partial charge in [0, 0.05) is 35.3 Å². The summed E-state index contributed by atoms with van der Waals surface area (Å²) in [7, 11) is 1.65. The van der Waals surface area contributed by atoms with Crippen molar-refractivity contribution in [1.82, 2.24) is 29.4 Å². The summed E-state index contributed by atoms with van der Waals surface area (Å²) in [4.78, 5) is 22.4. The normalized spacial score (nSPS) is 11.9. The topological polar surface area (TPSA) is 87.2 Å². The predicted molar refractivity (Wildman–Crippen MR) is 139 cm³/mol. The number of pyridine rings is 1. The van der Waals surface area contributed by atoms with Gasteiger partial charge in [-0.25, -0.2) is 4.68 Å². The van der Waals surface area contributed by atoms with Crippen molar-refractivity contribution >= 4 is 22.4 Å². The molecule has 0 fully saturated rings. The molecule has 0 aliphatic carbocycles. The van der Waals surface area contributed by atoms with Crippen molar-refractivity contribution in [3.05, 3.63) is 105 Å². The summed E-state index contributed by atoms with van der Waals surface area (Å²) in [6.45, 7) is 2.00. The molecule has 4 heterocycles. The molecule has 0 N–H and O–H groups in total. The zero-order chi connectivity index (χ0) is 24.6. The zero-order valence-corrected chi connectivity index (χ0v) is 20.3. The first-order valence-electron chi connectivity index (χ1n) is 11.2. The Morgan fingerprint density at radius 1 is 1.00 bits per heavy atom. The molecule has 0 bridgehead atoms. The van der Waals surface area contributed by atoms with Crippen LogP contribution in [0.1, 0.15) is 11.1 Å². The number of benzene rings is 2. The monoisotopic (exact) mass is 492 g/mol. The summed E-state index contributed by atoms with van der Waals surface area (Å²) in [5.41, 5.74) is 4.98. The molecule has 9 heteroatoms. The summed E-state index contributed by atoms with van der Waals surface area (Å²) in [6.07, 6.45) is 7.15. The number of nitrogens with zero attached hydrogens (tertiary/aromatic N) is 6. The van der Waals surface area contributed by atoms with Crippen molar-refractivity contribution in [2.24, 2.45) is 0 Å². The van der Waals surface area contributed by atoms with Gasteiger partial charge in [-0.3, -0.25) is 9.78 Å². The average Bonchev–Trinajstić information content (AvgIpc) is 3.60. The van der Waals surface area contributed by atoms with E-state index in [0.717, 1.165) is 39.4 Å². The number of ether oxygens (including phenoxy) is 1. The minimum Gasteiger partial charge on any atom is -0.496 e. The highest BCUT2D eigenvalue weighted by atomic mass is 32.1. The van der Waals surface area contributed by atoms with Crippen molar-refractivity contribution in [2.45, 2.75) is 6.92 Å². The number of hydrogen-bond acceptors (Lipinski definition) is 7. The van der Waals surface area contributed by atoms with Gasteiger partial charge in [-0.2, -0.15) is 14.6 Å². The Balaban J connectivity index is 1.50. The molecule has 0 aliphatic heterocycles. The fraction of sp³-hybridized carbons (Fsp3) is 0.0741.